The number of hydrogen-bond donors (Lipinski definition) is 5. The standard InChI is InChI=1S/C22H14O9.2ClH.Zn/c23-16-4-1-10(7-13(16)20(26)27)19(11-2-5-17(24)14(8-11)21(28)29)12-3-6-18(25)15(9-12)22(30)31;;;/h1-9,23-24H,(H,26,27)(H,28,29)(H,30,31);2*1H;/q;;;+2/p-2. The van der Waals surface area contributed by atoms with Crippen LogP contribution in [0.4, 0.5) is 0 Å². The fourth-order valence-electron chi connectivity index (χ4n) is 3.08. The summed E-state index contributed by atoms with van der Waals surface area (Å²) >= 11 is 0. The number of aromatic hydroxyl groups is 2. The second-order valence-electron chi connectivity index (χ2n) is 6.47. The number of halogens is 2. The number of carbonyl (C=O) groups excluding carboxylic acids is 1. The number of carbonyl (C=O) groups is 4. The van der Waals surface area contributed by atoms with Crippen LogP contribution >= 0.6 is 0 Å². The molecule has 1 aliphatic rings. The first kappa shape index (κ1) is 30.5. The summed E-state index contributed by atoms with van der Waals surface area (Å²) in [4.78, 5) is 46.2. The second-order valence-corrected chi connectivity index (χ2v) is 6.47. The summed E-state index contributed by atoms with van der Waals surface area (Å²) in [6, 6.07) is 7.22. The Balaban J connectivity index is 0.00000363. The van der Waals surface area contributed by atoms with E-state index in [0.717, 1.165) is 36.4 Å². The van der Waals surface area contributed by atoms with Crippen LogP contribution in [0.5, 0.6) is 11.5 Å². The number of ketones is 1. The zero-order valence-electron chi connectivity index (χ0n) is 17.0. The number of phenols is 2. The number of carboxylic acid groups (broad SMARTS) is 3. The monoisotopic (exact) mass is 556 g/mol. The first-order valence-corrected chi connectivity index (χ1v) is 8.65. The third kappa shape index (κ3) is 6.11. The molecule has 3 rings (SSSR count). The Morgan fingerprint density at radius 3 is 1.50 bits per heavy atom. The number of rotatable bonds is 5. The first-order chi connectivity index (χ1) is 14.6. The molecule has 0 amide bonds. The topological polar surface area (TPSA) is 169 Å². The van der Waals surface area contributed by atoms with Crippen LogP contribution in [0.2, 0.25) is 0 Å². The van der Waals surface area contributed by atoms with Crippen LogP contribution in [0.3, 0.4) is 0 Å². The van der Waals surface area contributed by atoms with E-state index in [1.54, 1.807) is 0 Å². The maximum Gasteiger partial charge on any atom is 2.00 e. The first-order valence-electron chi connectivity index (χ1n) is 8.65. The molecule has 2 aromatic carbocycles. The molecule has 0 unspecified atom stereocenters. The fourth-order valence-corrected chi connectivity index (χ4v) is 3.08. The van der Waals surface area contributed by atoms with E-state index in [9.17, 15) is 44.7 Å². The van der Waals surface area contributed by atoms with Crippen molar-refractivity contribution in [2.24, 2.45) is 0 Å². The molecule has 0 fully saturated rings. The van der Waals surface area contributed by atoms with E-state index < -0.39 is 51.9 Å². The molecule has 5 N–H and O–H groups in total. The van der Waals surface area contributed by atoms with Crippen molar-refractivity contribution >= 4 is 29.3 Å². The van der Waals surface area contributed by atoms with Crippen molar-refractivity contribution in [2.75, 3.05) is 0 Å². The Bertz CT molecular complexity index is 1200. The van der Waals surface area contributed by atoms with Gasteiger partial charge in [0.1, 0.15) is 28.2 Å². The van der Waals surface area contributed by atoms with E-state index in [1.807, 2.05) is 0 Å². The van der Waals surface area contributed by atoms with Gasteiger partial charge in [0.25, 0.3) is 0 Å². The van der Waals surface area contributed by atoms with Crippen molar-refractivity contribution in [2.45, 2.75) is 0 Å². The van der Waals surface area contributed by atoms with E-state index in [0.29, 0.717) is 0 Å². The summed E-state index contributed by atoms with van der Waals surface area (Å²) in [5.41, 5.74) is -0.644. The Kier molecular flexibility index (Phi) is 10.9. The van der Waals surface area contributed by atoms with Gasteiger partial charge in [-0.15, -0.1) is 0 Å². The number of benzene rings is 2. The SMILES string of the molecule is O=C(O)C1=CC(=C(c2ccc(O)c(C(=O)O)c2)c2ccc(O)c(C(=O)O)c2)C=CC1=O.[Cl-].[Cl-].[Zn+2]. The fraction of sp³-hybridized carbons (Fsp3) is 0. The van der Waals surface area contributed by atoms with E-state index in [2.05, 4.69) is 0 Å². The molecule has 0 bridgehead atoms. The predicted molar refractivity (Wildman–Crippen MR) is 106 cm³/mol. The summed E-state index contributed by atoms with van der Waals surface area (Å²) in [5.74, 6) is -6.07. The van der Waals surface area contributed by atoms with Gasteiger partial charge in [0.2, 0.25) is 0 Å². The van der Waals surface area contributed by atoms with Crippen molar-refractivity contribution < 1.29 is 89.0 Å². The number of allylic oxidation sites excluding steroid dienone is 4. The second kappa shape index (κ2) is 12.1. The van der Waals surface area contributed by atoms with Crippen molar-refractivity contribution in [1.29, 1.82) is 0 Å². The molecule has 34 heavy (non-hydrogen) atoms. The van der Waals surface area contributed by atoms with Gasteiger partial charge in [-0.05, 0) is 58.7 Å². The van der Waals surface area contributed by atoms with Gasteiger partial charge in [-0.2, -0.15) is 0 Å². The average Bonchev–Trinajstić information content (AvgIpc) is 2.71. The van der Waals surface area contributed by atoms with Crippen molar-refractivity contribution in [3.8, 4) is 11.5 Å². The maximum atomic E-state index is 11.9. The third-order valence-corrected chi connectivity index (χ3v) is 4.53. The molecule has 12 heteroatoms. The number of hydrogen-bond acceptors (Lipinski definition) is 6. The zero-order valence-corrected chi connectivity index (χ0v) is 21.5. The van der Waals surface area contributed by atoms with Gasteiger partial charge >= 0.3 is 37.4 Å². The van der Waals surface area contributed by atoms with E-state index >= 15 is 0 Å². The van der Waals surface area contributed by atoms with Crippen LogP contribution in [0, 0.1) is 0 Å². The Labute approximate surface area is 217 Å². The number of aliphatic carboxylic acids is 1. The minimum atomic E-state index is -1.47. The quantitative estimate of drug-likeness (QED) is 0.184. The van der Waals surface area contributed by atoms with E-state index in [1.165, 1.54) is 18.2 Å². The van der Waals surface area contributed by atoms with Crippen LogP contribution in [0.25, 0.3) is 5.57 Å². The average molecular weight is 559 g/mol. The van der Waals surface area contributed by atoms with Crippen LogP contribution < -0.4 is 24.8 Å². The van der Waals surface area contributed by atoms with Crippen LogP contribution in [0.15, 0.2) is 65.8 Å². The largest absolute Gasteiger partial charge is 2.00 e. The van der Waals surface area contributed by atoms with E-state index in [4.69, 9.17) is 0 Å². The molecule has 0 saturated carbocycles. The smallest absolute Gasteiger partial charge is 1.00 e. The molecule has 0 saturated heterocycles. The molecule has 0 radical (unpaired) electrons. The number of carboxylic acids is 3. The van der Waals surface area contributed by atoms with Gasteiger partial charge in [0.05, 0.1) is 0 Å². The molecule has 1 aliphatic carbocycles. The molecule has 0 aliphatic heterocycles. The minimum absolute atomic E-state index is 0. The summed E-state index contributed by atoms with van der Waals surface area (Å²) in [6.45, 7) is 0. The number of aromatic carboxylic acids is 2. The molecule has 0 aromatic heterocycles. The molecular weight excluding hydrogens is 545 g/mol. The van der Waals surface area contributed by atoms with Crippen LogP contribution in [0.1, 0.15) is 31.8 Å². The summed E-state index contributed by atoms with van der Waals surface area (Å²) in [7, 11) is 0. The van der Waals surface area contributed by atoms with Crippen LogP contribution in [-0.2, 0) is 29.1 Å². The predicted octanol–water partition coefficient (Wildman–Crippen LogP) is -3.55. The van der Waals surface area contributed by atoms with Crippen molar-refractivity contribution in [3.63, 3.8) is 0 Å². The minimum Gasteiger partial charge on any atom is -1.00 e. The molecule has 0 heterocycles. The van der Waals surface area contributed by atoms with Gasteiger partial charge in [0.15, 0.2) is 5.78 Å². The van der Waals surface area contributed by atoms with Crippen molar-refractivity contribution in [3.05, 3.63) is 88.0 Å². The molecule has 0 atom stereocenters. The van der Waals surface area contributed by atoms with Crippen LogP contribution in [-0.4, -0.2) is 49.2 Å². The molecular formula is C22H14Cl2O9Zn. The molecule has 2 aromatic rings. The van der Waals surface area contributed by atoms with Gasteiger partial charge in [0, 0.05) is 0 Å². The normalized spacial score (nSPS) is 11.8. The van der Waals surface area contributed by atoms with Gasteiger partial charge in [-0.3, -0.25) is 4.79 Å². The Morgan fingerprint density at radius 2 is 1.12 bits per heavy atom. The summed E-state index contributed by atoms with van der Waals surface area (Å²) < 4.78 is 0. The Hall–Kier alpha value is -3.46. The Morgan fingerprint density at radius 1 is 0.676 bits per heavy atom. The maximum absolute atomic E-state index is 11.9. The van der Waals surface area contributed by atoms with Gasteiger partial charge in [-0.25, -0.2) is 14.4 Å². The molecule has 0 spiro atoms. The van der Waals surface area contributed by atoms with E-state index in [-0.39, 0.29) is 66.6 Å². The zero-order chi connectivity index (χ0) is 22.9. The van der Waals surface area contributed by atoms with Gasteiger partial charge in [-0.1, -0.05) is 18.2 Å². The molecule has 9 nitrogen and oxygen atoms in total. The third-order valence-electron chi connectivity index (χ3n) is 4.53. The summed E-state index contributed by atoms with van der Waals surface area (Å²) in [5, 5.41) is 47.6. The summed E-state index contributed by atoms with van der Waals surface area (Å²) in [6.07, 6.45) is 3.42. The molecule has 172 valence electrons. The van der Waals surface area contributed by atoms with Crippen molar-refractivity contribution in [1.82, 2.24) is 0 Å². The van der Waals surface area contributed by atoms with Gasteiger partial charge < -0.3 is 50.3 Å².